The lowest BCUT2D eigenvalue weighted by Gasteiger charge is -1.92. The first-order valence-corrected chi connectivity index (χ1v) is 2.24. The molecule has 0 heterocycles. The number of primary amides is 1. The maximum absolute atomic E-state index is 9.94. The van der Waals surface area contributed by atoms with Crippen LogP contribution < -0.4 is 5.73 Å². The van der Waals surface area contributed by atoms with E-state index >= 15 is 0 Å². The second kappa shape index (κ2) is 4.33. The van der Waals surface area contributed by atoms with Gasteiger partial charge in [-0.2, -0.15) is 0 Å². The monoisotopic (exact) mass is 115 g/mol. The van der Waals surface area contributed by atoms with Crippen molar-refractivity contribution in [3.63, 3.8) is 0 Å². The molecule has 0 rings (SSSR count). The molecule has 46 valence electrons. The van der Waals surface area contributed by atoms with Gasteiger partial charge in [-0.1, -0.05) is 6.08 Å². The normalized spacial score (nSPS) is 8.50. The maximum Gasteiger partial charge on any atom is 0.243 e. The number of hydrogen-bond acceptors (Lipinski definition) is 2. The van der Waals surface area contributed by atoms with Crippen molar-refractivity contribution in [3.8, 4) is 0 Å². The lowest BCUT2D eigenvalue weighted by atomic mass is 10.6. The van der Waals surface area contributed by atoms with Gasteiger partial charge in [0.1, 0.15) is 6.61 Å². The molecule has 0 spiro atoms. The number of carbonyl (C=O) groups excluding carboxylic acids is 1. The molecular formula is C5H9NO2. The van der Waals surface area contributed by atoms with Gasteiger partial charge in [-0.15, -0.1) is 6.58 Å². The second-order valence-electron chi connectivity index (χ2n) is 1.27. The van der Waals surface area contributed by atoms with Crippen LogP contribution in [-0.4, -0.2) is 19.1 Å². The summed E-state index contributed by atoms with van der Waals surface area (Å²) in [5.74, 6) is -0.452. The van der Waals surface area contributed by atoms with E-state index in [0.29, 0.717) is 6.61 Å². The first-order chi connectivity index (χ1) is 3.77. The number of carbonyl (C=O) groups is 1. The zero-order valence-electron chi connectivity index (χ0n) is 4.59. The Morgan fingerprint density at radius 2 is 2.50 bits per heavy atom. The zero-order chi connectivity index (χ0) is 6.41. The maximum atomic E-state index is 9.94. The van der Waals surface area contributed by atoms with Crippen LogP contribution in [0.2, 0.25) is 0 Å². The lowest BCUT2D eigenvalue weighted by Crippen LogP contribution is -2.17. The molecule has 0 saturated heterocycles. The Morgan fingerprint density at radius 3 is 2.88 bits per heavy atom. The van der Waals surface area contributed by atoms with Crippen molar-refractivity contribution in [3.05, 3.63) is 12.7 Å². The Kier molecular flexibility index (Phi) is 3.88. The molecule has 1 amide bonds. The summed E-state index contributed by atoms with van der Waals surface area (Å²) < 4.78 is 4.65. The highest BCUT2D eigenvalue weighted by Crippen LogP contribution is 1.71. The minimum Gasteiger partial charge on any atom is -0.368 e. The van der Waals surface area contributed by atoms with Crippen molar-refractivity contribution in [2.45, 2.75) is 0 Å². The predicted molar refractivity (Wildman–Crippen MR) is 30.2 cm³/mol. The van der Waals surface area contributed by atoms with Crippen LogP contribution in [0.15, 0.2) is 12.7 Å². The second-order valence-corrected chi connectivity index (χ2v) is 1.27. The van der Waals surface area contributed by atoms with Crippen LogP contribution >= 0.6 is 0 Å². The van der Waals surface area contributed by atoms with Crippen molar-refractivity contribution in [2.75, 3.05) is 13.2 Å². The highest BCUT2D eigenvalue weighted by molar-refractivity contribution is 5.74. The zero-order valence-corrected chi connectivity index (χ0v) is 4.59. The Balaban J connectivity index is 2.93. The van der Waals surface area contributed by atoms with Crippen LogP contribution in [0.4, 0.5) is 0 Å². The molecule has 0 aromatic rings. The van der Waals surface area contributed by atoms with Crippen LogP contribution in [0, 0.1) is 0 Å². The largest absolute Gasteiger partial charge is 0.368 e. The standard InChI is InChI=1S/C5H9NO2/c1-2-3-8-4-5(6)7/h2H,1,3-4H2,(H2,6,7). The van der Waals surface area contributed by atoms with Crippen molar-refractivity contribution in [2.24, 2.45) is 5.73 Å². The van der Waals surface area contributed by atoms with Gasteiger partial charge >= 0.3 is 0 Å². The molecule has 0 atom stereocenters. The fourth-order valence-electron chi connectivity index (χ4n) is 0.243. The quantitative estimate of drug-likeness (QED) is 0.403. The fourth-order valence-corrected chi connectivity index (χ4v) is 0.243. The summed E-state index contributed by atoms with van der Waals surface area (Å²) in [7, 11) is 0. The molecule has 0 bridgehead atoms. The molecule has 2 N–H and O–H groups in total. The highest BCUT2D eigenvalue weighted by Gasteiger charge is 1.88. The topological polar surface area (TPSA) is 52.3 Å². The van der Waals surface area contributed by atoms with E-state index in [1.54, 1.807) is 6.08 Å². The van der Waals surface area contributed by atoms with Gasteiger partial charge in [0.2, 0.25) is 5.91 Å². The van der Waals surface area contributed by atoms with E-state index in [1.807, 2.05) is 0 Å². The molecule has 0 radical (unpaired) electrons. The smallest absolute Gasteiger partial charge is 0.243 e. The Labute approximate surface area is 48.1 Å². The molecule has 0 aliphatic rings. The van der Waals surface area contributed by atoms with Gasteiger partial charge in [0, 0.05) is 0 Å². The number of amides is 1. The summed E-state index contributed by atoms with van der Waals surface area (Å²) in [6.45, 7) is 3.74. The van der Waals surface area contributed by atoms with E-state index in [2.05, 4.69) is 11.3 Å². The molecule has 0 saturated carbocycles. The summed E-state index contributed by atoms with van der Waals surface area (Å²) in [6.07, 6.45) is 1.56. The molecule has 0 unspecified atom stereocenters. The van der Waals surface area contributed by atoms with Crippen molar-refractivity contribution in [1.82, 2.24) is 0 Å². The number of hydrogen-bond donors (Lipinski definition) is 1. The molecule has 0 aromatic carbocycles. The van der Waals surface area contributed by atoms with Gasteiger partial charge in [0.15, 0.2) is 0 Å². The SMILES string of the molecule is C=CCOCC(N)=O. The minimum absolute atomic E-state index is 0.0218. The first-order valence-electron chi connectivity index (χ1n) is 2.24. The van der Waals surface area contributed by atoms with E-state index in [4.69, 9.17) is 5.73 Å². The third kappa shape index (κ3) is 5.17. The van der Waals surface area contributed by atoms with Gasteiger partial charge in [-0.3, -0.25) is 4.79 Å². The van der Waals surface area contributed by atoms with Gasteiger partial charge in [0.05, 0.1) is 6.61 Å². The highest BCUT2D eigenvalue weighted by atomic mass is 16.5. The van der Waals surface area contributed by atoms with Gasteiger partial charge < -0.3 is 10.5 Å². The molecule has 0 aliphatic carbocycles. The van der Waals surface area contributed by atoms with Crippen LogP contribution in [0.3, 0.4) is 0 Å². The van der Waals surface area contributed by atoms with Crippen molar-refractivity contribution < 1.29 is 9.53 Å². The third-order valence-corrected chi connectivity index (χ3v) is 0.480. The molecule has 8 heavy (non-hydrogen) atoms. The third-order valence-electron chi connectivity index (χ3n) is 0.480. The summed E-state index contributed by atoms with van der Waals surface area (Å²) in [5.41, 5.74) is 4.73. The summed E-state index contributed by atoms with van der Waals surface area (Å²) in [4.78, 5) is 9.94. The van der Waals surface area contributed by atoms with E-state index in [0.717, 1.165) is 0 Å². The Hall–Kier alpha value is -0.830. The molecule has 3 heteroatoms. The van der Waals surface area contributed by atoms with E-state index < -0.39 is 5.91 Å². The Bertz CT molecular complexity index is 90.4. The van der Waals surface area contributed by atoms with E-state index in [1.165, 1.54) is 0 Å². The van der Waals surface area contributed by atoms with E-state index in [-0.39, 0.29) is 6.61 Å². The average molecular weight is 115 g/mol. The van der Waals surface area contributed by atoms with Crippen molar-refractivity contribution in [1.29, 1.82) is 0 Å². The first kappa shape index (κ1) is 7.17. The van der Waals surface area contributed by atoms with Crippen LogP contribution in [0.1, 0.15) is 0 Å². The average Bonchev–Trinajstić information content (AvgIpc) is 1.66. The minimum atomic E-state index is -0.452. The van der Waals surface area contributed by atoms with Gasteiger partial charge in [-0.05, 0) is 0 Å². The fraction of sp³-hybridized carbons (Fsp3) is 0.400. The molecular weight excluding hydrogens is 106 g/mol. The summed E-state index contributed by atoms with van der Waals surface area (Å²) in [5, 5.41) is 0. The van der Waals surface area contributed by atoms with Crippen LogP contribution in [0.5, 0.6) is 0 Å². The van der Waals surface area contributed by atoms with Gasteiger partial charge in [-0.25, -0.2) is 0 Å². The van der Waals surface area contributed by atoms with Crippen LogP contribution in [-0.2, 0) is 9.53 Å². The predicted octanol–water partition coefficient (Wildman–Crippen LogP) is -0.326. The van der Waals surface area contributed by atoms with Gasteiger partial charge in [0.25, 0.3) is 0 Å². The molecule has 0 aromatic heterocycles. The summed E-state index contributed by atoms with van der Waals surface area (Å²) in [6, 6.07) is 0. The number of nitrogens with two attached hydrogens (primary N) is 1. The van der Waals surface area contributed by atoms with E-state index in [9.17, 15) is 4.79 Å². The molecule has 0 fully saturated rings. The van der Waals surface area contributed by atoms with Crippen LogP contribution in [0.25, 0.3) is 0 Å². The van der Waals surface area contributed by atoms with Crippen molar-refractivity contribution >= 4 is 5.91 Å². The molecule has 3 nitrogen and oxygen atoms in total. The molecule has 0 aliphatic heterocycles. The number of rotatable bonds is 4. The number of ether oxygens (including phenoxy) is 1. The lowest BCUT2D eigenvalue weighted by molar-refractivity contribution is -0.122. The Morgan fingerprint density at radius 1 is 1.88 bits per heavy atom. The summed E-state index contributed by atoms with van der Waals surface area (Å²) >= 11 is 0.